The molecule has 1 fully saturated rings. The minimum absolute atomic E-state index is 0.0385. The van der Waals surface area contributed by atoms with Gasteiger partial charge in [-0.25, -0.2) is 24.1 Å². The number of phosphoric acid groups is 2. The molecule has 1 aliphatic rings. The normalized spacial score (nSPS) is 23.3. The molecule has 19 heteroatoms. The SMILES string of the molecule is NCCCCCCNc1nc2c(N)ncnc2n1[C@@H]1O[C@H](COP(=O)(O)O)[C@@H](OP(=O)(O)O)[C@H]1O. The minimum Gasteiger partial charge on any atom is -0.386 e. The number of anilines is 2. The monoisotopic (exact) mass is 541 g/mol. The highest BCUT2D eigenvalue weighted by Gasteiger charge is 2.50. The van der Waals surface area contributed by atoms with E-state index in [1.165, 1.54) is 4.57 Å². The van der Waals surface area contributed by atoms with Crippen molar-refractivity contribution in [3.8, 4) is 0 Å². The van der Waals surface area contributed by atoms with Crippen LogP contribution in [0.5, 0.6) is 0 Å². The zero-order chi connectivity index (χ0) is 25.8. The van der Waals surface area contributed by atoms with Gasteiger partial charge in [0.1, 0.15) is 24.6 Å². The molecule has 4 atom stereocenters. The zero-order valence-corrected chi connectivity index (χ0v) is 20.2. The summed E-state index contributed by atoms with van der Waals surface area (Å²) in [6, 6.07) is 0. The first-order chi connectivity index (χ1) is 16.4. The van der Waals surface area contributed by atoms with Gasteiger partial charge in [0.05, 0.1) is 6.61 Å². The van der Waals surface area contributed by atoms with E-state index in [-0.39, 0.29) is 22.9 Å². The molecule has 198 valence electrons. The average molecular weight is 541 g/mol. The van der Waals surface area contributed by atoms with Gasteiger partial charge >= 0.3 is 15.6 Å². The number of imidazole rings is 1. The number of fused-ring (bicyclic) bond motifs is 1. The summed E-state index contributed by atoms with van der Waals surface area (Å²) in [5, 5.41) is 14.0. The Morgan fingerprint density at radius 3 is 2.49 bits per heavy atom. The number of hydrogen-bond donors (Lipinski definition) is 8. The van der Waals surface area contributed by atoms with Gasteiger partial charge in [-0.15, -0.1) is 0 Å². The van der Waals surface area contributed by atoms with Crippen molar-refractivity contribution in [3.63, 3.8) is 0 Å². The molecule has 1 aliphatic heterocycles. The van der Waals surface area contributed by atoms with Crippen LogP contribution in [0.15, 0.2) is 6.33 Å². The summed E-state index contributed by atoms with van der Waals surface area (Å²) in [6.07, 6.45) is -1.65. The number of phosphoric ester groups is 2. The second-order valence-corrected chi connectivity index (χ2v) is 10.2. The van der Waals surface area contributed by atoms with E-state index in [2.05, 4.69) is 29.3 Å². The lowest BCUT2D eigenvalue weighted by Crippen LogP contribution is -2.36. The maximum atomic E-state index is 11.5. The highest BCUT2D eigenvalue weighted by Crippen LogP contribution is 2.46. The summed E-state index contributed by atoms with van der Waals surface area (Å²) in [7, 11) is -10.1. The van der Waals surface area contributed by atoms with Gasteiger partial charge < -0.3 is 46.2 Å². The molecule has 2 aromatic rings. The molecule has 1 saturated heterocycles. The highest BCUT2D eigenvalue weighted by atomic mass is 31.2. The molecular formula is C16H29N7O10P2. The van der Waals surface area contributed by atoms with Crippen molar-refractivity contribution in [2.45, 2.75) is 50.2 Å². The largest absolute Gasteiger partial charge is 0.470 e. The molecular weight excluding hydrogens is 512 g/mol. The molecule has 0 unspecified atom stereocenters. The van der Waals surface area contributed by atoms with Crippen LogP contribution in [-0.4, -0.2) is 82.2 Å². The molecule has 0 bridgehead atoms. The van der Waals surface area contributed by atoms with Gasteiger partial charge in [0.15, 0.2) is 23.2 Å². The van der Waals surface area contributed by atoms with Crippen LogP contribution in [0.3, 0.4) is 0 Å². The van der Waals surface area contributed by atoms with Crippen molar-refractivity contribution in [2.75, 3.05) is 30.7 Å². The fraction of sp³-hybridized carbons (Fsp3) is 0.688. The second-order valence-electron chi connectivity index (χ2n) is 7.77. The van der Waals surface area contributed by atoms with Crippen LogP contribution in [0.4, 0.5) is 11.8 Å². The Hall–Kier alpha value is -1.75. The predicted molar refractivity (Wildman–Crippen MR) is 121 cm³/mol. The summed E-state index contributed by atoms with van der Waals surface area (Å²) in [5.41, 5.74) is 11.7. The van der Waals surface area contributed by atoms with Gasteiger partial charge in [0.2, 0.25) is 5.95 Å². The van der Waals surface area contributed by atoms with Crippen LogP contribution in [0.1, 0.15) is 31.9 Å². The molecule has 35 heavy (non-hydrogen) atoms. The van der Waals surface area contributed by atoms with Crippen LogP contribution >= 0.6 is 15.6 Å². The Labute approximate surface area is 199 Å². The van der Waals surface area contributed by atoms with Crippen molar-refractivity contribution in [1.29, 1.82) is 0 Å². The van der Waals surface area contributed by atoms with Crippen LogP contribution in [0.2, 0.25) is 0 Å². The molecule has 17 nitrogen and oxygen atoms in total. The molecule has 3 rings (SSSR count). The maximum absolute atomic E-state index is 11.5. The second kappa shape index (κ2) is 11.5. The number of nitrogens with two attached hydrogens (primary N) is 2. The lowest BCUT2D eigenvalue weighted by molar-refractivity contribution is -0.0492. The maximum Gasteiger partial charge on any atom is 0.470 e. The number of aliphatic hydroxyl groups is 1. The van der Waals surface area contributed by atoms with E-state index in [0.29, 0.717) is 13.1 Å². The van der Waals surface area contributed by atoms with Gasteiger partial charge in [-0.1, -0.05) is 12.8 Å². The first-order valence-corrected chi connectivity index (χ1v) is 13.7. The molecule has 3 heterocycles. The molecule has 0 aromatic carbocycles. The molecule has 2 aromatic heterocycles. The number of unbranched alkanes of at least 4 members (excludes halogenated alkanes) is 3. The van der Waals surface area contributed by atoms with Gasteiger partial charge in [0, 0.05) is 6.54 Å². The van der Waals surface area contributed by atoms with Crippen molar-refractivity contribution in [3.05, 3.63) is 6.33 Å². The number of ether oxygens (including phenoxy) is 1. The van der Waals surface area contributed by atoms with Crippen LogP contribution < -0.4 is 16.8 Å². The van der Waals surface area contributed by atoms with Crippen molar-refractivity contribution in [2.24, 2.45) is 5.73 Å². The van der Waals surface area contributed by atoms with Crippen molar-refractivity contribution in [1.82, 2.24) is 19.5 Å². The molecule has 0 radical (unpaired) electrons. The van der Waals surface area contributed by atoms with Crippen LogP contribution in [-0.2, 0) is 22.9 Å². The summed E-state index contributed by atoms with van der Waals surface area (Å²) >= 11 is 0. The van der Waals surface area contributed by atoms with Crippen LogP contribution in [0, 0.1) is 0 Å². The van der Waals surface area contributed by atoms with E-state index in [1.807, 2.05) is 0 Å². The number of nitrogen functional groups attached to an aromatic ring is 1. The quantitative estimate of drug-likeness (QED) is 0.114. The lowest BCUT2D eigenvalue weighted by Gasteiger charge is -2.21. The van der Waals surface area contributed by atoms with E-state index in [4.69, 9.17) is 26.0 Å². The Morgan fingerprint density at radius 2 is 1.83 bits per heavy atom. The van der Waals surface area contributed by atoms with E-state index in [1.54, 1.807) is 0 Å². The van der Waals surface area contributed by atoms with Gasteiger partial charge in [0.25, 0.3) is 0 Å². The molecule has 0 spiro atoms. The molecule has 0 saturated carbocycles. The summed E-state index contributed by atoms with van der Waals surface area (Å²) in [5.74, 6) is 0.207. The first-order valence-electron chi connectivity index (χ1n) is 10.6. The Morgan fingerprint density at radius 1 is 1.11 bits per heavy atom. The third-order valence-corrected chi connectivity index (χ3v) is 6.15. The summed E-state index contributed by atoms with van der Waals surface area (Å²) < 4.78 is 38.7. The number of aliphatic hydroxyl groups excluding tert-OH is 1. The Balaban J connectivity index is 1.91. The summed E-state index contributed by atoms with van der Waals surface area (Å²) in [6.45, 7) is 0.232. The minimum atomic E-state index is -5.14. The predicted octanol–water partition coefficient (Wildman–Crippen LogP) is -0.815. The van der Waals surface area contributed by atoms with Crippen molar-refractivity contribution >= 4 is 38.6 Å². The smallest absolute Gasteiger partial charge is 0.386 e. The summed E-state index contributed by atoms with van der Waals surface area (Å²) in [4.78, 5) is 49.0. The number of rotatable bonds is 13. The van der Waals surface area contributed by atoms with Crippen molar-refractivity contribution < 1.29 is 47.6 Å². The van der Waals surface area contributed by atoms with E-state index >= 15 is 0 Å². The van der Waals surface area contributed by atoms with Gasteiger partial charge in [-0.2, -0.15) is 0 Å². The van der Waals surface area contributed by atoms with Crippen LogP contribution in [0.25, 0.3) is 11.2 Å². The number of aromatic nitrogens is 4. The van der Waals surface area contributed by atoms with E-state index < -0.39 is 46.8 Å². The van der Waals surface area contributed by atoms with E-state index in [0.717, 1.165) is 32.0 Å². The third kappa shape index (κ3) is 7.38. The zero-order valence-electron chi connectivity index (χ0n) is 18.5. The number of nitrogens with one attached hydrogen (secondary N) is 1. The molecule has 0 aliphatic carbocycles. The topological polar surface area (TPSA) is 271 Å². The Bertz CT molecular complexity index is 1090. The van der Waals surface area contributed by atoms with E-state index in [9.17, 15) is 24.0 Å². The lowest BCUT2D eigenvalue weighted by atomic mass is 10.1. The van der Waals surface area contributed by atoms with Gasteiger partial charge in [-0.3, -0.25) is 13.6 Å². The third-order valence-electron chi connectivity index (χ3n) is 5.15. The Kier molecular flexibility index (Phi) is 9.17. The highest BCUT2D eigenvalue weighted by molar-refractivity contribution is 7.46. The van der Waals surface area contributed by atoms with Gasteiger partial charge in [-0.05, 0) is 19.4 Å². The molecule has 10 N–H and O–H groups in total. The average Bonchev–Trinajstić information content (AvgIpc) is 3.26. The number of nitrogens with zero attached hydrogens (tertiary/aromatic N) is 4. The fourth-order valence-corrected chi connectivity index (χ4v) is 4.56. The standard InChI is InChI=1S/C16H29N7O10P2/c17-5-3-1-2-4-6-19-16-22-10-13(18)20-8-21-14(10)23(16)15-11(24)12(33-35(28,29)30)9(32-15)7-31-34(25,26)27/h8-9,11-12,15,24H,1-7,17H2,(H,19,22)(H2,18,20,21)(H2,25,26,27)(H2,28,29,30)/t9-,11-,12-,15-/m1/s1. The first kappa shape index (κ1) is 27.8. The fourth-order valence-electron chi connectivity index (χ4n) is 3.64. The molecule has 0 amide bonds. The number of hydrogen-bond acceptors (Lipinski definition) is 12.